The summed E-state index contributed by atoms with van der Waals surface area (Å²) in [4.78, 5) is 20.3. The number of fused-ring (bicyclic) bond motifs is 12. The lowest BCUT2D eigenvalue weighted by atomic mass is 10.1. The molecule has 0 amide bonds. The summed E-state index contributed by atoms with van der Waals surface area (Å²) in [6, 6.07) is 83.5. The van der Waals surface area contributed by atoms with Gasteiger partial charge in [-0.3, -0.25) is 0 Å². The van der Waals surface area contributed by atoms with Crippen LogP contribution in [0.5, 0.6) is 5.75 Å². The van der Waals surface area contributed by atoms with Crippen molar-refractivity contribution in [1.82, 2.24) is 29.1 Å². The van der Waals surface area contributed by atoms with Crippen LogP contribution in [0.1, 0.15) is 0 Å². The lowest BCUT2D eigenvalue weighted by molar-refractivity contribution is 0.412. The second kappa shape index (κ2) is 19.0. The molecular weight excluding hydrogens is 1090 g/mol. The number of para-hydroxylation sites is 6. The fourth-order valence-corrected chi connectivity index (χ4v) is 11.9. The second-order valence-electron chi connectivity index (χ2n) is 19.4. The highest BCUT2D eigenvalue weighted by atomic mass is 127. The predicted molar refractivity (Wildman–Crippen MR) is 328 cm³/mol. The zero-order chi connectivity index (χ0) is 52.6. The molecule has 0 N–H and O–H groups in total. The molecule has 16 rings (SSSR count). The Bertz CT molecular complexity index is 4930. The molecule has 6 heterocycles. The molecule has 0 aliphatic heterocycles. The summed E-state index contributed by atoms with van der Waals surface area (Å²) in [7, 11) is 1.65. The van der Waals surface area contributed by atoms with Gasteiger partial charge in [0.15, 0.2) is 39.7 Å². The van der Waals surface area contributed by atoms with Gasteiger partial charge in [-0.2, -0.15) is 0 Å². The third-order valence-corrected chi connectivity index (χ3v) is 15.6. The van der Waals surface area contributed by atoms with Crippen LogP contribution in [0.3, 0.4) is 0 Å². The first kappa shape index (κ1) is 46.4. The molecule has 0 aliphatic carbocycles. The minimum Gasteiger partial charge on any atom is -0.493 e. The van der Waals surface area contributed by atoms with Crippen molar-refractivity contribution < 1.29 is 13.6 Å². The molecule has 0 saturated heterocycles. The van der Waals surface area contributed by atoms with Crippen molar-refractivity contribution >= 4 is 110 Å². The number of rotatable bonds is 7. The summed E-state index contributed by atoms with van der Waals surface area (Å²) in [5.74, 6) is 1.98. The summed E-state index contributed by atoms with van der Waals surface area (Å²) >= 11 is 2.32. The predicted octanol–water partition coefficient (Wildman–Crippen LogP) is 18.2. The average Bonchev–Trinajstić information content (AvgIpc) is 4.46. The van der Waals surface area contributed by atoms with Crippen molar-refractivity contribution in [2.75, 3.05) is 7.11 Å². The Morgan fingerprint density at radius 3 is 1.16 bits per heavy atom. The molecule has 0 unspecified atom stereocenters. The van der Waals surface area contributed by atoms with Crippen LogP contribution in [0.4, 0.5) is 0 Å². The number of benzene rings is 10. The number of aromatic nitrogens is 6. The molecule has 16 aromatic rings. The van der Waals surface area contributed by atoms with Crippen molar-refractivity contribution in [3.05, 3.63) is 246 Å². The van der Waals surface area contributed by atoms with Gasteiger partial charge in [-0.05, 0) is 95.4 Å². The van der Waals surface area contributed by atoms with E-state index in [9.17, 15) is 0 Å². The van der Waals surface area contributed by atoms with Crippen molar-refractivity contribution in [2.24, 2.45) is 0 Å². The average molecular weight is 1130 g/mol. The van der Waals surface area contributed by atoms with Gasteiger partial charge >= 0.3 is 0 Å². The molecule has 9 nitrogen and oxygen atoms in total. The molecule has 0 atom stereocenters. The summed E-state index contributed by atoms with van der Waals surface area (Å²) in [5.41, 5.74) is 16.6. The van der Waals surface area contributed by atoms with E-state index in [2.05, 4.69) is 202 Å². The number of hydrogen-bond donors (Lipinski definition) is 0. The Labute approximate surface area is 465 Å². The molecule has 0 aliphatic rings. The first-order valence-electron chi connectivity index (χ1n) is 26.0. The Kier molecular flexibility index (Phi) is 11.1. The molecule has 79 heavy (non-hydrogen) atoms. The number of methoxy groups -OCH3 is 1. The summed E-state index contributed by atoms with van der Waals surface area (Å²) < 4.78 is 24.1. The second-order valence-corrected chi connectivity index (χ2v) is 20.5. The highest BCUT2D eigenvalue weighted by Crippen LogP contribution is 2.41. The minimum absolute atomic E-state index is 0.638. The van der Waals surface area contributed by atoms with Crippen LogP contribution in [-0.2, 0) is 0 Å². The van der Waals surface area contributed by atoms with Gasteiger partial charge in [0.25, 0.3) is 0 Å². The maximum absolute atomic E-state index is 6.40. The van der Waals surface area contributed by atoms with E-state index in [4.69, 9.17) is 33.5 Å². The highest BCUT2D eigenvalue weighted by molar-refractivity contribution is 14.1. The largest absolute Gasteiger partial charge is 0.493 e. The fourth-order valence-electron chi connectivity index (χ4n) is 11.2. The summed E-state index contributed by atoms with van der Waals surface area (Å²) in [6.45, 7) is 0. The van der Waals surface area contributed by atoms with E-state index >= 15 is 0 Å². The third kappa shape index (κ3) is 7.73. The Hall–Kier alpha value is -9.91. The van der Waals surface area contributed by atoms with Crippen LogP contribution in [-0.4, -0.2) is 36.2 Å². The molecule has 0 spiro atoms. The van der Waals surface area contributed by atoms with Gasteiger partial charge in [0, 0.05) is 60.6 Å². The fraction of sp³-hybridized carbons (Fsp3) is 0.0145. The normalized spacial score (nSPS) is 11.7. The molecule has 6 aromatic heterocycles. The topological polar surface area (TPSA) is 96.9 Å². The number of ether oxygens (including phenoxy) is 1. The van der Waals surface area contributed by atoms with Gasteiger partial charge in [-0.25, -0.2) is 19.9 Å². The van der Waals surface area contributed by atoms with Crippen molar-refractivity contribution in [1.29, 1.82) is 0 Å². The first-order valence-corrected chi connectivity index (χ1v) is 27.1. The number of nitrogens with zero attached hydrogens (tertiary/aromatic N) is 6. The number of furan rings is 2. The van der Waals surface area contributed by atoms with E-state index in [1.54, 1.807) is 7.11 Å². The van der Waals surface area contributed by atoms with E-state index in [-0.39, 0.29) is 0 Å². The lowest BCUT2D eigenvalue weighted by Gasteiger charge is -2.10. The molecule has 0 fully saturated rings. The maximum Gasteiger partial charge on any atom is 0.180 e. The van der Waals surface area contributed by atoms with Gasteiger partial charge in [0.2, 0.25) is 0 Å². The van der Waals surface area contributed by atoms with Crippen LogP contribution in [0.2, 0.25) is 0 Å². The maximum atomic E-state index is 6.40. The molecule has 374 valence electrons. The zero-order valence-corrected chi connectivity index (χ0v) is 44.5. The van der Waals surface area contributed by atoms with E-state index in [0.29, 0.717) is 34.1 Å². The molecule has 10 aromatic carbocycles. The first-order chi connectivity index (χ1) is 39.1. The van der Waals surface area contributed by atoms with Crippen molar-refractivity contribution in [3.63, 3.8) is 0 Å². The molecule has 0 radical (unpaired) electrons. The molecular formula is C69H43IN6O3. The smallest absolute Gasteiger partial charge is 0.180 e. The Morgan fingerprint density at radius 2 is 0.709 bits per heavy atom. The van der Waals surface area contributed by atoms with Gasteiger partial charge < -0.3 is 22.7 Å². The van der Waals surface area contributed by atoms with E-state index < -0.39 is 0 Å². The van der Waals surface area contributed by atoms with Gasteiger partial charge in [-0.1, -0.05) is 170 Å². The van der Waals surface area contributed by atoms with Crippen molar-refractivity contribution in [3.8, 4) is 62.4 Å². The van der Waals surface area contributed by atoms with Crippen LogP contribution < -0.4 is 4.74 Å². The van der Waals surface area contributed by atoms with Crippen molar-refractivity contribution in [2.45, 2.75) is 0 Å². The Morgan fingerprint density at radius 1 is 0.342 bits per heavy atom. The molecule has 10 heteroatoms. The summed E-state index contributed by atoms with van der Waals surface area (Å²) in [6.07, 6.45) is 0. The van der Waals surface area contributed by atoms with Crippen LogP contribution in [0, 0.1) is 3.57 Å². The lowest BCUT2D eigenvalue weighted by Crippen LogP contribution is -1.97. The van der Waals surface area contributed by atoms with E-state index in [1.807, 2.05) is 72.8 Å². The zero-order valence-electron chi connectivity index (χ0n) is 42.4. The van der Waals surface area contributed by atoms with Gasteiger partial charge in [-0.15, -0.1) is 0 Å². The van der Waals surface area contributed by atoms with Gasteiger partial charge in [0.05, 0.1) is 38.1 Å². The highest BCUT2D eigenvalue weighted by Gasteiger charge is 2.23. The van der Waals surface area contributed by atoms with Crippen LogP contribution >= 0.6 is 22.6 Å². The Balaban J connectivity index is 0.000000137. The quantitative estimate of drug-likeness (QED) is 0.147. The minimum atomic E-state index is 0.638. The van der Waals surface area contributed by atoms with Gasteiger partial charge in [0.1, 0.15) is 22.4 Å². The summed E-state index contributed by atoms with van der Waals surface area (Å²) in [5, 5.41) is 6.83. The van der Waals surface area contributed by atoms with E-state index in [0.717, 1.165) is 87.0 Å². The van der Waals surface area contributed by atoms with Crippen LogP contribution in [0.25, 0.3) is 144 Å². The number of hydrogen-bond acceptors (Lipinski definition) is 7. The molecule has 0 bridgehead atoms. The number of halogens is 1. The van der Waals surface area contributed by atoms with E-state index in [1.165, 1.54) is 32.6 Å². The van der Waals surface area contributed by atoms with Crippen LogP contribution in [0.15, 0.2) is 251 Å². The molecule has 0 saturated carbocycles. The SMILES string of the molecule is COc1cccc2c1oc1c(-c3ccccc3)nc(-c3cccc(-n4c5ccccc5c5ccccc54)c3)nc12.Ic1cccc2c1oc1c(-c3ccccc3)nc(-c3cccc(-n4c5ccccc5c5ccccc54)c3)nc12. The standard InChI is InChI=1S/C35H23N3O2.C34H20IN3O/c1-39-30-20-10-17-27-32-34(40-33(27)30)31(22-11-3-2-4-12-22)36-35(37-32)23-13-9-14-24(21-23)38-28-18-7-5-15-25(28)26-16-6-8-19-29(26)38;35-27-17-9-16-26-31-33(39-32(26)27)30(21-10-2-1-3-11-21)36-34(37-31)22-12-8-13-23(20-22)38-28-18-6-4-14-24(28)25-15-5-7-19-29(25)38/h2-21H,1H3;1-20H. The third-order valence-electron chi connectivity index (χ3n) is 14.8. The monoisotopic (exact) mass is 1130 g/mol.